The molecule has 1 N–H and O–H groups in total. The van der Waals surface area contributed by atoms with E-state index in [4.69, 9.17) is 14.2 Å². The van der Waals surface area contributed by atoms with Gasteiger partial charge in [0, 0.05) is 13.7 Å². The standard InChI is InChI=1S/C15H21NO5/c1-12(15(18)16-9-11-19-2)21-14(17)8-10-20-13-6-4-3-5-7-13/h3-7,12H,8-11H2,1-2H3,(H,16,18)/t12-/m1/s1. The van der Waals surface area contributed by atoms with Crippen molar-refractivity contribution in [2.24, 2.45) is 0 Å². The molecule has 1 rings (SSSR count). The van der Waals surface area contributed by atoms with Crippen molar-refractivity contribution < 1.29 is 23.8 Å². The van der Waals surface area contributed by atoms with Crippen molar-refractivity contribution >= 4 is 11.9 Å². The van der Waals surface area contributed by atoms with Gasteiger partial charge in [0.15, 0.2) is 6.10 Å². The Morgan fingerprint density at radius 3 is 2.57 bits per heavy atom. The van der Waals surface area contributed by atoms with E-state index in [9.17, 15) is 9.59 Å². The lowest BCUT2D eigenvalue weighted by Gasteiger charge is -2.13. The van der Waals surface area contributed by atoms with Gasteiger partial charge >= 0.3 is 5.97 Å². The summed E-state index contributed by atoms with van der Waals surface area (Å²) < 4.78 is 15.2. The molecule has 116 valence electrons. The van der Waals surface area contributed by atoms with E-state index in [1.165, 1.54) is 6.92 Å². The lowest BCUT2D eigenvalue weighted by Crippen LogP contribution is -2.37. The molecule has 0 unspecified atom stereocenters. The molecule has 0 radical (unpaired) electrons. The Morgan fingerprint density at radius 1 is 1.19 bits per heavy atom. The van der Waals surface area contributed by atoms with Gasteiger partial charge in [-0.2, -0.15) is 0 Å². The first-order valence-corrected chi connectivity index (χ1v) is 6.77. The van der Waals surface area contributed by atoms with Crippen LogP contribution in [0.25, 0.3) is 0 Å². The number of para-hydroxylation sites is 1. The van der Waals surface area contributed by atoms with E-state index >= 15 is 0 Å². The number of carbonyl (C=O) groups excluding carboxylic acids is 2. The molecule has 0 aromatic heterocycles. The summed E-state index contributed by atoms with van der Waals surface area (Å²) in [7, 11) is 1.54. The molecule has 0 fully saturated rings. The van der Waals surface area contributed by atoms with Crippen LogP contribution in [-0.4, -0.2) is 44.8 Å². The topological polar surface area (TPSA) is 73.9 Å². The first-order chi connectivity index (χ1) is 10.1. The van der Waals surface area contributed by atoms with Gasteiger partial charge in [0.25, 0.3) is 5.91 Å². The number of ether oxygens (including phenoxy) is 3. The molecule has 1 amide bonds. The Kier molecular flexibility index (Phi) is 7.89. The summed E-state index contributed by atoms with van der Waals surface area (Å²) >= 11 is 0. The van der Waals surface area contributed by atoms with Crippen molar-refractivity contribution in [1.82, 2.24) is 5.32 Å². The van der Waals surface area contributed by atoms with Crippen LogP contribution in [0.5, 0.6) is 5.75 Å². The van der Waals surface area contributed by atoms with Crippen LogP contribution in [0.1, 0.15) is 13.3 Å². The van der Waals surface area contributed by atoms with E-state index in [-0.39, 0.29) is 18.9 Å². The number of amides is 1. The Hall–Kier alpha value is -2.08. The highest BCUT2D eigenvalue weighted by Gasteiger charge is 2.17. The summed E-state index contributed by atoms with van der Waals surface area (Å²) in [5, 5.41) is 2.60. The maximum atomic E-state index is 11.6. The lowest BCUT2D eigenvalue weighted by molar-refractivity contribution is -0.155. The van der Waals surface area contributed by atoms with Crippen LogP contribution in [0, 0.1) is 0 Å². The number of hydrogen-bond acceptors (Lipinski definition) is 5. The molecular weight excluding hydrogens is 274 g/mol. The highest BCUT2D eigenvalue weighted by molar-refractivity contribution is 5.83. The summed E-state index contributed by atoms with van der Waals surface area (Å²) in [5.74, 6) is -0.125. The normalized spacial score (nSPS) is 11.5. The number of methoxy groups -OCH3 is 1. The van der Waals surface area contributed by atoms with Crippen LogP contribution >= 0.6 is 0 Å². The first-order valence-electron chi connectivity index (χ1n) is 6.77. The fourth-order valence-electron chi connectivity index (χ4n) is 1.50. The van der Waals surface area contributed by atoms with Gasteiger partial charge in [-0.3, -0.25) is 9.59 Å². The van der Waals surface area contributed by atoms with Gasteiger partial charge in [-0.25, -0.2) is 0 Å². The van der Waals surface area contributed by atoms with Crippen molar-refractivity contribution in [3.63, 3.8) is 0 Å². The summed E-state index contributed by atoms with van der Waals surface area (Å²) in [5.41, 5.74) is 0. The predicted molar refractivity (Wildman–Crippen MR) is 77.0 cm³/mol. The van der Waals surface area contributed by atoms with Crippen molar-refractivity contribution in [3.05, 3.63) is 30.3 Å². The zero-order valence-electron chi connectivity index (χ0n) is 12.3. The van der Waals surface area contributed by atoms with Crippen molar-refractivity contribution in [2.45, 2.75) is 19.4 Å². The van der Waals surface area contributed by atoms with Gasteiger partial charge in [-0.05, 0) is 19.1 Å². The zero-order chi connectivity index (χ0) is 15.5. The smallest absolute Gasteiger partial charge is 0.310 e. The number of rotatable bonds is 9. The molecule has 6 nitrogen and oxygen atoms in total. The fourth-order valence-corrected chi connectivity index (χ4v) is 1.50. The number of carbonyl (C=O) groups is 2. The van der Waals surface area contributed by atoms with E-state index in [0.717, 1.165) is 0 Å². The fraction of sp³-hybridized carbons (Fsp3) is 0.467. The van der Waals surface area contributed by atoms with E-state index in [1.54, 1.807) is 19.2 Å². The van der Waals surface area contributed by atoms with Crippen LogP contribution in [0.3, 0.4) is 0 Å². The molecule has 0 saturated carbocycles. The third-order valence-corrected chi connectivity index (χ3v) is 2.60. The second kappa shape index (κ2) is 9.77. The van der Waals surface area contributed by atoms with Crippen LogP contribution in [0.4, 0.5) is 0 Å². The minimum atomic E-state index is -0.828. The second-order valence-electron chi connectivity index (χ2n) is 4.33. The zero-order valence-corrected chi connectivity index (χ0v) is 12.3. The average molecular weight is 295 g/mol. The van der Waals surface area contributed by atoms with Crippen LogP contribution in [-0.2, 0) is 19.1 Å². The SMILES string of the molecule is COCCNC(=O)[C@@H](C)OC(=O)CCOc1ccccc1. The van der Waals surface area contributed by atoms with E-state index in [0.29, 0.717) is 18.9 Å². The summed E-state index contributed by atoms with van der Waals surface area (Å²) in [6.07, 6.45) is -0.740. The van der Waals surface area contributed by atoms with Crippen molar-refractivity contribution in [2.75, 3.05) is 26.9 Å². The molecular formula is C15H21NO5. The molecule has 0 spiro atoms. The Labute approximate surface area is 124 Å². The van der Waals surface area contributed by atoms with Gasteiger partial charge in [-0.1, -0.05) is 18.2 Å². The maximum Gasteiger partial charge on any atom is 0.310 e. The Balaban J connectivity index is 2.19. The molecule has 0 aliphatic rings. The summed E-state index contributed by atoms with van der Waals surface area (Å²) in [6, 6.07) is 9.18. The number of esters is 1. The van der Waals surface area contributed by atoms with Gasteiger partial charge in [0.05, 0.1) is 19.6 Å². The second-order valence-corrected chi connectivity index (χ2v) is 4.33. The van der Waals surface area contributed by atoms with Gasteiger partial charge < -0.3 is 19.5 Å². The predicted octanol–water partition coefficient (Wildman–Crippen LogP) is 1.15. The Morgan fingerprint density at radius 2 is 1.90 bits per heavy atom. The highest BCUT2D eigenvalue weighted by Crippen LogP contribution is 2.08. The monoisotopic (exact) mass is 295 g/mol. The molecule has 0 saturated heterocycles. The number of nitrogens with one attached hydrogen (secondary N) is 1. The number of benzene rings is 1. The summed E-state index contributed by atoms with van der Waals surface area (Å²) in [6.45, 7) is 2.53. The lowest BCUT2D eigenvalue weighted by atomic mass is 10.3. The highest BCUT2D eigenvalue weighted by atomic mass is 16.5. The molecule has 21 heavy (non-hydrogen) atoms. The van der Waals surface area contributed by atoms with Gasteiger partial charge in [0.1, 0.15) is 5.75 Å². The molecule has 0 bridgehead atoms. The first kappa shape index (κ1) is 17.0. The minimum Gasteiger partial charge on any atom is -0.493 e. The van der Waals surface area contributed by atoms with E-state index in [2.05, 4.69) is 5.32 Å². The maximum absolute atomic E-state index is 11.6. The van der Waals surface area contributed by atoms with Gasteiger partial charge in [0.2, 0.25) is 0 Å². The molecule has 0 aliphatic carbocycles. The van der Waals surface area contributed by atoms with Gasteiger partial charge in [-0.15, -0.1) is 0 Å². The van der Waals surface area contributed by atoms with Crippen molar-refractivity contribution in [1.29, 1.82) is 0 Å². The van der Waals surface area contributed by atoms with E-state index in [1.807, 2.05) is 18.2 Å². The molecule has 0 aliphatic heterocycles. The quantitative estimate of drug-likeness (QED) is 0.546. The largest absolute Gasteiger partial charge is 0.493 e. The summed E-state index contributed by atoms with van der Waals surface area (Å²) in [4.78, 5) is 23.1. The van der Waals surface area contributed by atoms with E-state index < -0.39 is 12.1 Å². The molecule has 1 atom stereocenters. The molecule has 1 aromatic rings. The molecule has 6 heteroatoms. The minimum absolute atomic E-state index is 0.0879. The Bertz CT molecular complexity index is 435. The van der Waals surface area contributed by atoms with Crippen LogP contribution < -0.4 is 10.1 Å². The van der Waals surface area contributed by atoms with Crippen LogP contribution in [0.15, 0.2) is 30.3 Å². The molecule has 1 aromatic carbocycles. The third-order valence-electron chi connectivity index (χ3n) is 2.60. The third kappa shape index (κ3) is 7.31. The molecule has 0 heterocycles. The number of hydrogen-bond donors (Lipinski definition) is 1. The van der Waals surface area contributed by atoms with Crippen LogP contribution in [0.2, 0.25) is 0 Å². The van der Waals surface area contributed by atoms with Crippen molar-refractivity contribution in [3.8, 4) is 5.75 Å². The average Bonchev–Trinajstić information content (AvgIpc) is 2.48.